The van der Waals surface area contributed by atoms with Crippen LogP contribution in [0.1, 0.15) is 23.2 Å². The first-order valence-corrected chi connectivity index (χ1v) is 10.4. The number of carbonyl (C=O) groups excluding carboxylic acids is 2. The van der Waals surface area contributed by atoms with Gasteiger partial charge >= 0.3 is 11.6 Å². The van der Waals surface area contributed by atoms with E-state index in [1.54, 1.807) is 30.3 Å². The van der Waals surface area contributed by atoms with Crippen molar-refractivity contribution in [2.24, 2.45) is 0 Å². The van der Waals surface area contributed by atoms with E-state index in [2.05, 4.69) is 11.9 Å². The third kappa shape index (κ3) is 6.12. The quantitative estimate of drug-likeness (QED) is 0.157. The topological polar surface area (TPSA) is 94.8 Å². The van der Waals surface area contributed by atoms with Crippen molar-refractivity contribution >= 4 is 46.0 Å². The van der Waals surface area contributed by atoms with Crippen molar-refractivity contribution in [3.63, 3.8) is 0 Å². The van der Waals surface area contributed by atoms with Gasteiger partial charge in [0.05, 0.1) is 11.6 Å². The van der Waals surface area contributed by atoms with Crippen LogP contribution in [0.5, 0.6) is 11.5 Å². The molecule has 32 heavy (non-hydrogen) atoms. The summed E-state index contributed by atoms with van der Waals surface area (Å²) in [6, 6.07) is 10.9. The van der Waals surface area contributed by atoms with Crippen LogP contribution in [0.3, 0.4) is 0 Å². The molecule has 0 aliphatic carbocycles. The van der Waals surface area contributed by atoms with Crippen molar-refractivity contribution in [3.8, 4) is 11.5 Å². The van der Waals surface area contributed by atoms with E-state index in [9.17, 15) is 14.4 Å². The van der Waals surface area contributed by atoms with Crippen LogP contribution in [0.4, 0.5) is 0 Å². The van der Waals surface area contributed by atoms with Gasteiger partial charge in [0.1, 0.15) is 22.6 Å². The number of benzene rings is 2. The smallest absolute Gasteiger partial charge is 0.349 e. The Morgan fingerprint density at radius 3 is 2.69 bits per heavy atom. The van der Waals surface area contributed by atoms with Gasteiger partial charge in [0.15, 0.2) is 0 Å². The Balaban J connectivity index is 1.57. The van der Waals surface area contributed by atoms with Gasteiger partial charge in [-0.25, -0.2) is 4.79 Å². The number of fused-ring (bicyclic) bond motifs is 1. The van der Waals surface area contributed by atoms with E-state index in [0.717, 1.165) is 0 Å². The molecule has 0 saturated heterocycles. The van der Waals surface area contributed by atoms with E-state index >= 15 is 0 Å². The monoisotopic (exact) mass is 475 g/mol. The maximum atomic E-state index is 12.1. The zero-order valence-corrected chi connectivity index (χ0v) is 18.4. The predicted octanol–water partition coefficient (Wildman–Crippen LogP) is 4.78. The normalized spacial score (nSPS) is 10.6. The average molecular weight is 476 g/mol. The molecule has 0 atom stereocenters. The number of nitrogens with one attached hydrogen (secondary N) is 1. The number of ether oxygens (including phenoxy) is 2. The van der Waals surface area contributed by atoms with Gasteiger partial charge in [0.2, 0.25) is 0 Å². The van der Waals surface area contributed by atoms with Crippen LogP contribution in [0.25, 0.3) is 11.0 Å². The number of amides is 1. The standard InChI is InChI=1S/C23H19Cl2NO6/c1-2-9-26-22(28)17-11-14-5-7-16(13-20(14)32-23(17)29)31-21(27)4-3-10-30-19-8-6-15(24)12-18(19)25/h2,5-8,11-13H,1,3-4,9-10H2,(H,26,28). The number of hydrogen-bond acceptors (Lipinski definition) is 6. The first kappa shape index (κ1) is 23.4. The van der Waals surface area contributed by atoms with Crippen LogP contribution in [-0.4, -0.2) is 25.0 Å². The van der Waals surface area contributed by atoms with Gasteiger partial charge in [0, 0.05) is 29.4 Å². The molecule has 1 amide bonds. The van der Waals surface area contributed by atoms with Crippen molar-refractivity contribution < 1.29 is 23.5 Å². The molecule has 166 valence electrons. The van der Waals surface area contributed by atoms with Crippen LogP contribution in [-0.2, 0) is 4.79 Å². The third-order valence-corrected chi connectivity index (χ3v) is 4.80. The Morgan fingerprint density at radius 1 is 1.12 bits per heavy atom. The van der Waals surface area contributed by atoms with Gasteiger partial charge in [-0.2, -0.15) is 0 Å². The van der Waals surface area contributed by atoms with E-state index in [-0.39, 0.29) is 36.5 Å². The molecule has 0 fully saturated rings. The molecule has 1 N–H and O–H groups in total. The molecule has 0 saturated carbocycles. The highest BCUT2D eigenvalue weighted by Crippen LogP contribution is 2.27. The Bertz CT molecular complexity index is 1220. The summed E-state index contributed by atoms with van der Waals surface area (Å²) in [6.07, 6.45) is 2.01. The van der Waals surface area contributed by atoms with Gasteiger partial charge in [-0.05, 0) is 42.8 Å². The summed E-state index contributed by atoms with van der Waals surface area (Å²) in [4.78, 5) is 36.2. The fourth-order valence-corrected chi connectivity index (χ4v) is 3.21. The highest BCUT2D eigenvalue weighted by molar-refractivity contribution is 6.35. The van der Waals surface area contributed by atoms with Crippen molar-refractivity contribution in [2.45, 2.75) is 12.8 Å². The summed E-state index contributed by atoms with van der Waals surface area (Å²) >= 11 is 11.9. The molecule has 2 aromatic carbocycles. The van der Waals surface area contributed by atoms with Gasteiger partial charge in [0.25, 0.3) is 5.91 Å². The summed E-state index contributed by atoms with van der Waals surface area (Å²) in [7, 11) is 0. The van der Waals surface area contributed by atoms with E-state index in [1.807, 2.05) is 0 Å². The minimum atomic E-state index is -0.791. The fourth-order valence-electron chi connectivity index (χ4n) is 2.75. The van der Waals surface area contributed by atoms with Crippen LogP contribution in [0.2, 0.25) is 10.0 Å². The van der Waals surface area contributed by atoms with Gasteiger partial charge in [-0.1, -0.05) is 29.3 Å². The number of hydrogen-bond donors (Lipinski definition) is 1. The second-order valence-electron chi connectivity index (χ2n) is 6.65. The molecule has 9 heteroatoms. The lowest BCUT2D eigenvalue weighted by atomic mass is 10.1. The molecule has 7 nitrogen and oxygen atoms in total. The Hall–Kier alpha value is -3.29. The van der Waals surface area contributed by atoms with Gasteiger partial charge in [-0.15, -0.1) is 6.58 Å². The molecule has 1 heterocycles. The number of halogens is 2. The second-order valence-corrected chi connectivity index (χ2v) is 7.49. The lowest BCUT2D eigenvalue weighted by Crippen LogP contribution is -2.28. The Kier molecular flexibility index (Phi) is 7.92. The second kappa shape index (κ2) is 10.8. The summed E-state index contributed by atoms with van der Waals surface area (Å²) < 4.78 is 16.0. The zero-order chi connectivity index (χ0) is 23.1. The minimum absolute atomic E-state index is 0.107. The number of rotatable bonds is 9. The van der Waals surface area contributed by atoms with Crippen LogP contribution in [0.15, 0.2) is 64.3 Å². The highest BCUT2D eigenvalue weighted by atomic mass is 35.5. The average Bonchev–Trinajstić information content (AvgIpc) is 2.75. The Morgan fingerprint density at radius 2 is 1.94 bits per heavy atom. The van der Waals surface area contributed by atoms with Crippen molar-refractivity contribution in [1.82, 2.24) is 5.32 Å². The number of carbonyl (C=O) groups is 2. The van der Waals surface area contributed by atoms with Gasteiger partial charge in [-0.3, -0.25) is 9.59 Å². The maximum Gasteiger partial charge on any atom is 0.349 e. The third-order valence-electron chi connectivity index (χ3n) is 4.27. The molecule has 0 aliphatic rings. The molecule has 0 unspecified atom stereocenters. The maximum absolute atomic E-state index is 12.1. The highest BCUT2D eigenvalue weighted by Gasteiger charge is 2.14. The largest absolute Gasteiger partial charge is 0.492 e. The summed E-state index contributed by atoms with van der Waals surface area (Å²) in [5.41, 5.74) is -0.716. The van der Waals surface area contributed by atoms with E-state index in [4.69, 9.17) is 37.1 Å². The first-order valence-electron chi connectivity index (χ1n) is 9.63. The van der Waals surface area contributed by atoms with Crippen molar-refractivity contribution in [2.75, 3.05) is 13.2 Å². The first-order chi connectivity index (χ1) is 15.4. The van der Waals surface area contributed by atoms with Gasteiger partial charge < -0.3 is 19.2 Å². The van der Waals surface area contributed by atoms with E-state index < -0.39 is 17.5 Å². The molecule has 1 aromatic heterocycles. The number of esters is 1. The van der Waals surface area contributed by atoms with Crippen LogP contribution in [0, 0.1) is 0 Å². The molecular weight excluding hydrogens is 457 g/mol. The molecule has 3 aromatic rings. The molecule has 0 spiro atoms. The minimum Gasteiger partial charge on any atom is -0.492 e. The van der Waals surface area contributed by atoms with Crippen LogP contribution < -0.4 is 20.4 Å². The summed E-state index contributed by atoms with van der Waals surface area (Å²) in [5.74, 6) is -0.334. The van der Waals surface area contributed by atoms with Crippen molar-refractivity contribution in [3.05, 3.63) is 81.1 Å². The lowest BCUT2D eigenvalue weighted by molar-refractivity contribution is -0.134. The van der Waals surface area contributed by atoms with Crippen molar-refractivity contribution in [1.29, 1.82) is 0 Å². The molecule has 3 rings (SSSR count). The molecule has 0 radical (unpaired) electrons. The molecule has 0 aliphatic heterocycles. The lowest BCUT2D eigenvalue weighted by Gasteiger charge is -2.09. The summed E-state index contributed by atoms with van der Waals surface area (Å²) in [5, 5.41) is 3.93. The summed E-state index contributed by atoms with van der Waals surface area (Å²) in [6.45, 7) is 3.99. The molecule has 0 bridgehead atoms. The fraction of sp³-hybridized carbons (Fsp3) is 0.174. The van der Waals surface area contributed by atoms with E-state index in [0.29, 0.717) is 27.6 Å². The zero-order valence-electron chi connectivity index (χ0n) is 16.9. The van der Waals surface area contributed by atoms with E-state index in [1.165, 1.54) is 18.2 Å². The predicted molar refractivity (Wildman–Crippen MR) is 122 cm³/mol. The Labute approximate surface area is 193 Å². The molecular formula is C23H19Cl2NO6. The van der Waals surface area contributed by atoms with Crippen LogP contribution >= 0.6 is 23.2 Å². The SMILES string of the molecule is C=CCNC(=O)c1cc2ccc(OC(=O)CCCOc3ccc(Cl)cc3Cl)cc2oc1=O.